The van der Waals surface area contributed by atoms with Crippen LogP contribution in [0.3, 0.4) is 0 Å². The van der Waals surface area contributed by atoms with E-state index in [-0.39, 0.29) is 13.2 Å². The average Bonchev–Trinajstić information content (AvgIpc) is 2.78. The zero-order valence-electron chi connectivity index (χ0n) is 18.5. The summed E-state index contributed by atoms with van der Waals surface area (Å²) in [6.07, 6.45) is -4.79. The zero-order chi connectivity index (χ0) is 27.2. The summed E-state index contributed by atoms with van der Waals surface area (Å²) in [6.45, 7) is 2.48. The lowest BCUT2D eigenvalue weighted by Crippen LogP contribution is -2.47. The molecule has 2 unspecified atom stereocenters. The maximum absolute atomic E-state index is 13.8. The van der Waals surface area contributed by atoms with Gasteiger partial charge in [-0.3, -0.25) is 14.7 Å². The van der Waals surface area contributed by atoms with Gasteiger partial charge in [0.05, 0.1) is 34.2 Å². The van der Waals surface area contributed by atoms with E-state index in [4.69, 9.17) is 37.0 Å². The van der Waals surface area contributed by atoms with Gasteiger partial charge < -0.3 is 14.0 Å². The molecule has 0 radical (unpaired) electrons. The van der Waals surface area contributed by atoms with Gasteiger partial charge in [-0.05, 0) is 30.5 Å². The number of hydrogen-bond acceptors (Lipinski definition) is 9. The van der Waals surface area contributed by atoms with Gasteiger partial charge in [0.1, 0.15) is 17.2 Å². The number of carbonyl (C=O) groups excluding carboxylic acids is 1. The number of methoxy groups -OCH3 is 1. The summed E-state index contributed by atoms with van der Waals surface area (Å²) >= 11 is 11.9. The van der Waals surface area contributed by atoms with Crippen molar-refractivity contribution in [2.45, 2.75) is 20.0 Å². The summed E-state index contributed by atoms with van der Waals surface area (Å²) in [5, 5.41) is 8.81. The molecule has 36 heavy (non-hydrogen) atoms. The van der Waals surface area contributed by atoms with Crippen molar-refractivity contribution in [3.63, 3.8) is 0 Å². The van der Waals surface area contributed by atoms with Crippen LogP contribution in [0.4, 0.5) is 18.9 Å². The van der Waals surface area contributed by atoms with Gasteiger partial charge in [-0.1, -0.05) is 23.2 Å². The first-order valence-electron chi connectivity index (χ1n) is 9.81. The fraction of sp³-hybridized carbons (Fsp3) is 0.316. The van der Waals surface area contributed by atoms with Crippen LogP contribution >= 0.6 is 38.6 Å². The SMILES string of the molecule is CCO[P+](=O)c1c([N+](=O)[O-])c(C(=O)OC)c2c(Oc3c(Cl)cc(C(F)(F)F)cc3Cl)c1P2(=O)OCC. The number of carbonyl (C=O) groups is 1. The molecule has 2 aromatic carbocycles. The Kier molecular flexibility index (Phi) is 8.05. The molecule has 0 fully saturated rings. The molecular formula is C19H15Cl2F3NO9P2+. The van der Waals surface area contributed by atoms with Crippen LogP contribution in [0.15, 0.2) is 12.1 Å². The molecule has 0 aromatic heterocycles. The van der Waals surface area contributed by atoms with Crippen molar-refractivity contribution in [2.24, 2.45) is 0 Å². The Morgan fingerprint density at radius 1 is 1.14 bits per heavy atom. The molecule has 0 aliphatic carbocycles. The van der Waals surface area contributed by atoms with E-state index in [1.54, 1.807) is 0 Å². The number of fused-ring (bicyclic) bond motifs is 2. The molecule has 17 heteroatoms. The van der Waals surface area contributed by atoms with Crippen molar-refractivity contribution in [2.75, 3.05) is 20.3 Å². The molecule has 0 amide bonds. The summed E-state index contributed by atoms with van der Waals surface area (Å²) in [7, 11) is -6.46. The van der Waals surface area contributed by atoms with Gasteiger partial charge in [-0.25, -0.2) is 4.79 Å². The van der Waals surface area contributed by atoms with Crippen LogP contribution in [0.2, 0.25) is 10.0 Å². The minimum Gasteiger partial charge on any atom is -0.465 e. The standard InChI is InChI=1S/C19H15Cl2F3NO9P2/c1-4-32-35(29)15-12(25(27)28)11(18(26)31-3)16-14(17(15)36(16,30)33-5-2)34-13-9(20)6-8(7-10(13)21)19(22,23)24/h6-7H,4-5H2,1-3H3/q+1. The number of alkyl halides is 3. The van der Waals surface area contributed by atoms with E-state index in [9.17, 15) is 37.2 Å². The van der Waals surface area contributed by atoms with Gasteiger partial charge in [0, 0.05) is 0 Å². The van der Waals surface area contributed by atoms with Crippen molar-refractivity contribution in [1.82, 2.24) is 0 Å². The highest BCUT2D eigenvalue weighted by Crippen LogP contribution is 2.61. The average molecular weight is 591 g/mol. The molecule has 0 saturated heterocycles. The van der Waals surface area contributed by atoms with E-state index < -0.39 is 86.7 Å². The highest BCUT2D eigenvalue weighted by molar-refractivity contribution is 7.79. The molecule has 2 aromatic rings. The number of rotatable bonds is 9. The van der Waals surface area contributed by atoms with E-state index >= 15 is 0 Å². The second-order valence-corrected chi connectivity index (χ2v) is 11.1. The molecule has 2 aliphatic rings. The van der Waals surface area contributed by atoms with E-state index in [0.717, 1.165) is 7.11 Å². The normalized spacial score (nSPS) is 16.8. The number of halogens is 5. The Bertz CT molecular complexity index is 1330. The van der Waals surface area contributed by atoms with Crippen molar-refractivity contribution in [3.8, 4) is 11.5 Å². The largest absolute Gasteiger partial charge is 0.557 e. The molecule has 2 aliphatic heterocycles. The molecule has 194 valence electrons. The van der Waals surface area contributed by atoms with E-state index in [1.165, 1.54) is 13.8 Å². The van der Waals surface area contributed by atoms with Crippen molar-refractivity contribution in [3.05, 3.63) is 43.4 Å². The molecule has 2 atom stereocenters. The minimum atomic E-state index is -4.79. The molecule has 0 spiro atoms. The van der Waals surface area contributed by atoms with Gasteiger partial charge in [-0.2, -0.15) is 13.2 Å². The third kappa shape index (κ3) is 4.60. The molecular weight excluding hydrogens is 576 g/mol. The summed E-state index contributed by atoms with van der Waals surface area (Å²) < 4.78 is 86.6. The van der Waals surface area contributed by atoms with Crippen molar-refractivity contribution in [1.29, 1.82) is 0 Å². The van der Waals surface area contributed by atoms with Gasteiger partial charge in [-0.15, -0.1) is 4.52 Å². The molecule has 0 N–H and O–H groups in total. The topological polar surface area (TPSA) is 131 Å². The number of ether oxygens (including phenoxy) is 2. The van der Waals surface area contributed by atoms with E-state index in [1.807, 2.05) is 0 Å². The summed E-state index contributed by atoms with van der Waals surface area (Å²) in [5.74, 6) is -2.39. The number of esters is 1. The fourth-order valence-electron chi connectivity index (χ4n) is 3.45. The predicted molar refractivity (Wildman–Crippen MR) is 123 cm³/mol. The Balaban J connectivity index is 2.40. The van der Waals surface area contributed by atoms with Crippen molar-refractivity contribution < 1.29 is 50.5 Å². The Morgan fingerprint density at radius 2 is 1.72 bits per heavy atom. The Labute approximate surface area is 212 Å². The Hall–Kier alpha value is -2.27. The molecule has 2 bridgehead atoms. The zero-order valence-corrected chi connectivity index (χ0v) is 21.8. The van der Waals surface area contributed by atoms with Crippen LogP contribution in [0.5, 0.6) is 11.5 Å². The van der Waals surface area contributed by atoms with Gasteiger partial charge >= 0.3 is 31.2 Å². The first-order chi connectivity index (χ1) is 16.7. The van der Waals surface area contributed by atoms with Crippen LogP contribution in [-0.4, -0.2) is 31.2 Å². The van der Waals surface area contributed by atoms with Crippen LogP contribution in [0, 0.1) is 10.1 Å². The smallest absolute Gasteiger partial charge is 0.465 e. The third-order valence-corrected chi connectivity index (χ3v) is 9.47. The quantitative estimate of drug-likeness (QED) is 0.161. The summed E-state index contributed by atoms with van der Waals surface area (Å²) in [5.41, 5.74) is -3.06. The second kappa shape index (κ2) is 10.2. The van der Waals surface area contributed by atoms with Gasteiger partial charge in [0.15, 0.2) is 17.1 Å². The first-order valence-corrected chi connectivity index (χ1v) is 13.4. The summed E-state index contributed by atoms with van der Waals surface area (Å²) in [6, 6.07) is 1.03. The fourth-order valence-corrected chi connectivity index (χ4v) is 8.06. The first kappa shape index (κ1) is 28.3. The number of nitrogens with zero attached hydrogens (tertiary/aromatic N) is 1. The van der Waals surface area contributed by atoms with Crippen molar-refractivity contribution >= 4 is 66.2 Å². The monoisotopic (exact) mass is 590 g/mol. The van der Waals surface area contributed by atoms with Crippen LogP contribution in [-0.2, 0) is 29.1 Å². The lowest BCUT2D eigenvalue weighted by Gasteiger charge is -2.33. The molecule has 0 saturated carbocycles. The van der Waals surface area contributed by atoms with Gasteiger partial charge in [0.25, 0.3) is 7.37 Å². The summed E-state index contributed by atoms with van der Waals surface area (Å²) in [4.78, 5) is 23.5. The number of benzene rings is 2. The lowest BCUT2D eigenvalue weighted by atomic mass is 10.1. The maximum atomic E-state index is 13.8. The predicted octanol–water partition coefficient (Wildman–Crippen LogP) is 5.48. The lowest BCUT2D eigenvalue weighted by molar-refractivity contribution is -0.383. The van der Waals surface area contributed by atoms with E-state index in [2.05, 4.69) is 4.74 Å². The second-order valence-electron chi connectivity index (χ2n) is 6.86. The number of nitro groups is 1. The Morgan fingerprint density at radius 3 is 2.17 bits per heavy atom. The third-order valence-electron chi connectivity index (χ3n) is 4.78. The van der Waals surface area contributed by atoms with Crippen LogP contribution < -0.4 is 20.7 Å². The minimum absolute atomic E-state index is 0.188. The van der Waals surface area contributed by atoms with Gasteiger partial charge in [0.2, 0.25) is 0 Å². The maximum Gasteiger partial charge on any atom is 0.557 e. The van der Waals surface area contributed by atoms with Crippen LogP contribution in [0.1, 0.15) is 29.8 Å². The van der Waals surface area contributed by atoms with Crippen LogP contribution in [0.25, 0.3) is 0 Å². The molecule has 4 rings (SSSR count). The highest BCUT2D eigenvalue weighted by Gasteiger charge is 2.62. The highest BCUT2D eigenvalue weighted by atomic mass is 35.5. The number of nitro benzene ring substituents is 1. The molecule has 2 heterocycles. The number of hydrogen-bond donors (Lipinski definition) is 0. The van der Waals surface area contributed by atoms with E-state index in [0.29, 0.717) is 12.1 Å². The molecule has 10 nitrogen and oxygen atoms in total.